The molecule has 0 bridgehead atoms. The van der Waals surface area contributed by atoms with Crippen LogP contribution < -0.4 is 5.32 Å². The number of aromatic nitrogens is 2. The minimum absolute atomic E-state index is 0.0704. The molecule has 1 aromatic heterocycles. The molecule has 1 N–H and O–H groups in total. The summed E-state index contributed by atoms with van der Waals surface area (Å²) in [6.07, 6.45) is 0. The van der Waals surface area contributed by atoms with Crippen LogP contribution in [0, 0.1) is 6.92 Å². The number of rotatable bonds is 4. The third-order valence-electron chi connectivity index (χ3n) is 4.48. The van der Waals surface area contributed by atoms with Crippen LogP contribution in [0.15, 0.2) is 54.6 Å². The van der Waals surface area contributed by atoms with Gasteiger partial charge in [0.2, 0.25) is 0 Å². The standard InChI is InChI=1S/C22H24ClN3O/c1-15-19(20(23)26(25-15)14-16-8-6-5-7-9-16)21(27)24-18-12-10-17(11-13-18)22(2,3)4/h5-13H,14H2,1-4H3,(H,24,27). The van der Waals surface area contributed by atoms with Gasteiger partial charge in [0.1, 0.15) is 5.15 Å². The van der Waals surface area contributed by atoms with Crippen molar-refractivity contribution >= 4 is 23.2 Å². The maximum absolute atomic E-state index is 12.8. The third kappa shape index (κ3) is 4.40. The molecule has 0 spiro atoms. The van der Waals surface area contributed by atoms with Gasteiger partial charge in [0.05, 0.1) is 17.8 Å². The van der Waals surface area contributed by atoms with Gasteiger partial charge in [-0.05, 0) is 35.6 Å². The summed E-state index contributed by atoms with van der Waals surface area (Å²) in [5.41, 5.74) is 4.12. The molecule has 4 nitrogen and oxygen atoms in total. The molecular weight excluding hydrogens is 358 g/mol. The maximum atomic E-state index is 12.8. The molecule has 140 valence electrons. The molecule has 1 heterocycles. The largest absolute Gasteiger partial charge is 0.322 e. The molecule has 0 saturated heterocycles. The monoisotopic (exact) mass is 381 g/mol. The van der Waals surface area contributed by atoms with Crippen LogP contribution in [0.2, 0.25) is 5.15 Å². The van der Waals surface area contributed by atoms with E-state index in [1.807, 2.05) is 54.6 Å². The molecule has 0 aliphatic carbocycles. The van der Waals surface area contributed by atoms with Crippen LogP contribution in [0.5, 0.6) is 0 Å². The first-order valence-corrected chi connectivity index (χ1v) is 9.32. The summed E-state index contributed by atoms with van der Waals surface area (Å²) in [4.78, 5) is 12.8. The van der Waals surface area contributed by atoms with Crippen LogP contribution in [-0.2, 0) is 12.0 Å². The molecule has 27 heavy (non-hydrogen) atoms. The lowest BCUT2D eigenvalue weighted by Crippen LogP contribution is -2.14. The summed E-state index contributed by atoms with van der Waals surface area (Å²) >= 11 is 6.47. The van der Waals surface area contributed by atoms with E-state index in [1.165, 1.54) is 5.56 Å². The highest BCUT2D eigenvalue weighted by atomic mass is 35.5. The average Bonchev–Trinajstić information content (AvgIpc) is 2.89. The fourth-order valence-electron chi connectivity index (χ4n) is 2.92. The Morgan fingerprint density at radius 2 is 1.70 bits per heavy atom. The summed E-state index contributed by atoms with van der Waals surface area (Å²) in [6, 6.07) is 17.8. The van der Waals surface area contributed by atoms with Gasteiger partial charge in [0.25, 0.3) is 5.91 Å². The lowest BCUT2D eigenvalue weighted by Gasteiger charge is -2.19. The summed E-state index contributed by atoms with van der Waals surface area (Å²) in [5, 5.41) is 7.70. The molecule has 0 aliphatic heterocycles. The van der Waals surface area contributed by atoms with E-state index in [1.54, 1.807) is 11.6 Å². The van der Waals surface area contributed by atoms with Crippen LogP contribution in [0.3, 0.4) is 0 Å². The van der Waals surface area contributed by atoms with Crippen molar-refractivity contribution in [2.24, 2.45) is 0 Å². The maximum Gasteiger partial charge on any atom is 0.260 e. The predicted molar refractivity (Wildman–Crippen MR) is 111 cm³/mol. The van der Waals surface area contributed by atoms with Crippen molar-refractivity contribution in [1.29, 1.82) is 0 Å². The number of amides is 1. The molecule has 0 atom stereocenters. The van der Waals surface area contributed by atoms with Gasteiger partial charge in [-0.1, -0.05) is 74.8 Å². The second-order valence-corrected chi connectivity index (χ2v) is 8.03. The van der Waals surface area contributed by atoms with E-state index in [4.69, 9.17) is 11.6 Å². The van der Waals surface area contributed by atoms with Crippen molar-refractivity contribution in [1.82, 2.24) is 9.78 Å². The minimum Gasteiger partial charge on any atom is -0.322 e. The van der Waals surface area contributed by atoms with E-state index in [0.717, 1.165) is 11.3 Å². The highest BCUT2D eigenvalue weighted by Crippen LogP contribution is 2.25. The first kappa shape index (κ1) is 19.2. The van der Waals surface area contributed by atoms with Crippen molar-refractivity contribution in [3.63, 3.8) is 0 Å². The second-order valence-electron chi connectivity index (χ2n) is 7.68. The van der Waals surface area contributed by atoms with Gasteiger partial charge in [-0.2, -0.15) is 5.10 Å². The van der Waals surface area contributed by atoms with E-state index in [9.17, 15) is 4.79 Å². The summed E-state index contributed by atoms with van der Waals surface area (Å²) in [6.45, 7) is 8.79. The van der Waals surface area contributed by atoms with Crippen LogP contribution in [0.1, 0.15) is 48.0 Å². The normalized spacial score (nSPS) is 11.4. The highest BCUT2D eigenvalue weighted by Gasteiger charge is 2.21. The smallest absolute Gasteiger partial charge is 0.260 e. The van der Waals surface area contributed by atoms with Crippen LogP contribution >= 0.6 is 11.6 Å². The van der Waals surface area contributed by atoms with E-state index in [2.05, 4.69) is 31.2 Å². The highest BCUT2D eigenvalue weighted by molar-refractivity contribution is 6.33. The Balaban J connectivity index is 1.79. The van der Waals surface area contributed by atoms with Crippen molar-refractivity contribution in [3.05, 3.63) is 82.1 Å². The third-order valence-corrected chi connectivity index (χ3v) is 4.86. The molecule has 0 saturated carbocycles. The zero-order valence-electron chi connectivity index (χ0n) is 16.1. The molecule has 5 heteroatoms. The van der Waals surface area contributed by atoms with Gasteiger partial charge in [0, 0.05) is 5.69 Å². The van der Waals surface area contributed by atoms with Crippen molar-refractivity contribution in [2.45, 2.75) is 39.7 Å². The van der Waals surface area contributed by atoms with Crippen LogP contribution in [0.25, 0.3) is 0 Å². The van der Waals surface area contributed by atoms with Gasteiger partial charge in [-0.3, -0.25) is 4.79 Å². The second kappa shape index (κ2) is 7.57. The Hall–Kier alpha value is -2.59. The number of benzene rings is 2. The van der Waals surface area contributed by atoms with Crippen LogP contribution in [0.4, 0.5) is 5.69 Å². The Labute approximate surface area is 165 Å². The molecule has 2 aromatic carbocycles. The number of nitrogens with zero attached hydrogens (tertiary/aromatic N) is 2. The first-order valence-electron chi connectivity index (χ1n) is 8.94. The lowest BCUT2D eigenvalue weighted by molar-refractivity contribution is 0.102. The van der Waals surface area contributed by atoms with Crippen molar-refractivity contribution in [3.8, 4) is 0 Å². The number of hydrogen-bond acceptors (Lipinski definition) is 2. The van der Waals surface area contributed by atoms with E-state index in [0.29, 0.717) is 23.0 Å². The fraction of sp³-hybridized carbons (Fsp3) is 0.273. The zero-order chi connectivity index (χ0) is 19.6. The molecule has 0 unspecified atom stereocenters. The molecule has 0 aliphatic rings. The van der Waals surface area contributed by atoms with E-state index < -0.39 is 0 Å². The SMILES string of the molecule is Cc1nn(Cc2ccccc2)c(Cl)c1C(=O)Nc1ccc(C(C)(C)C)cc1. The number of carbonyl (C=O) groups excluding carboxylic acids is 1. The topological polar surface area (TPSA) is 46.9 Å². The Morgan fingerprint density at radius 1 is 1.07 bits per heavy atom. The number of anilines is 1. The van der Waals surface area contributed by atoms with Gasteiger partial charge in [-0.25, -0.2) is 4.68 Å². The zero-order valence-corrected chi connectivity index (χ0v) is 16.8. The van der Waals surface area contributed by atoms with Gasteiger partial charge < -0.3 is 5.32 Å². The fourth-order valence-corrected chi connectivity index (χ4v) is 3.24. The average molecular weight is 382 g/mol. The summed E-state index contributed by atoms with van der Waals surface area (Å²) in [7, 11) is 0. The summed E-state index contributed by atoms with van der Waals surface area (Å²) in [5.74, 6) is -0.250. The Morgan fingerprint density at radius 3 is 2.30 bits per heavy atom. The minimum atomic E-state index is -0.250. The molecule has 0 radical (unpaired) electrons. The molecule has 3 rings (SSSR count). The van der Waals surface area contributed by atoms with Crippen LogP contribution in [-0.4, -0.2) is 15.7 Å². The van der Waals surface area contributed by atoms with Crippen molar-refractivity contribution in [2.75, 3.05) is 5.32 Å². The van der Waals surface area contributed by atoms with E-state index in [-0.39, 0.29) is 11.3 Å². The lowest BCUT2D eigenvalue weighted by atomic mass is 9.87. The number of nitrogens with one attached hydrogen (secondary N) is 1. The number of carbonyl (C=O) groups is 1. The molecular formula is C22H24ClN3O. The Kier molecular flexibility index (Phi) is 5.38. The number of aryl methyl sites for hydroxylation is 1. The van der Waals surface area contributed by atoms with Gasteiger partial charge in [0.15, 0.2) is 0 Å². The van der Waals surface area contributed by atoms with Gasteiger partial charge in [-0.15, -0.1) is 0 Å². The molecule has 1 amide bonds. The Bertz CT molecular complexity index is 938. The quantitative estimate of drug-likeness (QED) is 0.653. The predicted octanol–water partition coefficient (Wildman–Crippen LogP) is 5.44. The molecule has 0 fully saturated rings. The van der Waals surface area contributed by atoms with Gasteiger partial charge >= 0.3 is 0 Å². The molecule has 3 aromatic rings. The number of halogens is 1. The number of hydrogen-bond donors (Lipinski definition) is 1. The van der Waals surface area contributed by atoms with E-state index >= 15 is 0 Å². The first-order chi connectivity index (χ1) is 12.8. The summed E-state index contributed by atoms with van der Waals surface area (Å²) < 4.78 is 1.66. The van der Waals surface area contributed by atoms with Crippen molar-refractivity contribution < 1.29 is 4.79 Å².